The van der Waals surface area contributed by atoms with Gasteiger partial charge in [0.15, 0.2) is 0 Å². The van der Waals surface area contributed by atoms with Crippen molar-refractivity contribution in [3.63, 3.8) is 0 Å². The molecule has 0 aromatic heterocycles. The maximum atomic E-state index is 11.0. The molecule has 20 heavy (non-hydrogen) atoms. The second-order valence-corrected chi connectivity index (χ2v) is 6.52. The summed E-state index contributed by atoms with van der Waals surface area (Å²) >= 11 is 0. The molecular weight excluding hydrogens is 248 g/mol. The third kappa shape index (κ3) is 2.59. The van der Waals surface area contributed by atoms with Gasteiger partial charge in [-0.1, -0.05) is 18.6 Å². The van der Waals surface area contributed by atoms with Crippen LogP contribution in [0.5, 0.6) is 0 Å². The molecular formula is C17H22N2O. The first-order valence-corrected chi connectivity index (χ1v) is 7.53. The van der Waals surface area contributed by atoms with Crippen molar-refractivity contribution in [3.05, 3.63) is 35.4 Å². The van der Waals surface area contributed by atoms with Crippen LogP contribution in [-0.2, 0) is 6.42 Å². The molecule has 106 valence electrons. The highest BCUT2D eigenvalue weighted by Gasteiger charge is 2.43. The van der Waals surface area contributed by atoms with Crippen molar-refractivity contribution in [2.24, 2.45) is 0 Å². The van der Waals surface area contributed by atoms with Crippen LogP contribution in [0.25, 0.3) is 0 Å². The van der Waals surface area contributed by atoms with E-state index in [0.29, 0.717) is 24.1 Å². The number of piperidine rings is 2. The van der Waals surface area contributed by atoms with Gasteiger partial charge in [0.1, 0.15) is 0 Å². The molecule has 2 aliphatic heterocycles. The molecule has 0 aliphatic carbocycles. The standard InChI is InChI=1S/C17H22N2O/c1-19-15-3-2-4-16(19)11-17(20,10-15)9-13-5-7-14(12-18)8-6-13/h5-8,15-16,20H,2-4,9-11H2,1H3. The third-order valence-corrected chi connectivity index (χ3v) is 5.07. The Balaban J connectivity index is 1.74. The summed E-state index contributed by atoms with van der Waals surface area (Å²) in [4.78, 5) is 2.47. The van der Waals surface area contributed by atoms with Gasteiger partial charge in [-0.25, -0.2) is 0 Å². The van der Waals surface area contributed by atoms with E-state index in [-0.39, 0.29) is 0 Å². The minimum Gasteiger partial charge on any atom is -0.389 e. The van der Waals surface area contributed by atoms with E-state index in [0.717, 1.165) is 18.4 Å². The van der Waals surface area contributed by atoms with Gasteiger partial charge in [-0.15, -0.1) is 0 Å². The van der Waals surface area contributed by atoms with Gasteiger partial charge in [0.25, 0.3) is 0 Å². The van der Waals surface area contributed by atoms with E-state index in [1.807, 2.05) is 24.3 Å². The average molecular weight is 270 g/mol. The number of aliphatic hydroxyl groups is 1. The molecule has 2 fully saturated rings. The van der Waals surface area contributed by atoms with Gasteiger partial charge >= 0.3 is 0 Å². The third-order valence-electron chi connectivity index (χ3n) is 5.07. The average Bonchev–Trinajstić information content (AvgIpc) is 2.42. The first-order valence-electron chi connectivity index (χ1n) is 7.53. The number of hydrogen-bond acceptors (Lipinski definition) is 3. The van der Waals surface area contributed by atoms with Crippen LogP contribution in [0.4, 0.5) is 0 Å². The van der Waals surface area contributed by atoms with E-state index in [1.165, 1.54) is 19.3 Å². The van der Waals surface area contributed by atoms with Crippen molar-refractivity contribution in [1.29, 1.82) is 5.26 Å². The summed E-state index contributed by atoms with van der Waals surface area (Å²) in [5, 5.41) is 19.8. The van der Waals surface area contributed by atoms with Crippen LogP contribution in [0, 0.1) is 11.3 Å². The lowest BCUT2D eigenvalue weighted by molar-refractivity contribution is -0.0820. The topological polar surface area (TPSA) is 47.3 Å². The molecule has 2 aliphatic rings. The first-order chi connectivity index (χ1) is 9.59. The maximum Gasteiger partial charge on any atom is 0.0991 e. The number of nitrogens with zero attached hydrogens (tertiary/aromatic N) is 2. The van der Waals surface area contributed by atoms with Crippen molar-refractivity contribution in [2.75, 3.05) is 7.05 Å². The highest BCUT2D eigenvalue weighted by atomic mass is 16.3. The first kappa shape index (κ1) is 13.6. The van der Waals surface area contributed by atoms with Crippen LogP contribution in [0.15, 0.2) is 24.3 Å². The van der Waals surface area contributed by atoms with Crippen molar-refractivity contribution in [1.82, 2.24) is 4.90 Å². The van der Waals surface area contributed by atoms with E-state index in [2.05, 4.69) is 18.0 Å². The zero-order valence-corrected chi connectivity index (χ0v) is 12.0. The molecule has 0 radical (unpaired) electrons. The minimum absolute atomic E-state index is 0.533. The van der Waals surface area contributed by atoms with Crippen LogP contribution in [0.2, 0.25) is 0 Å². The van der Waals surface area contributed by atoms with Gasteiger partial charge < -0.3 is 10.0 Å². The Hall–Kier alpha value is -1.37. The number of nitriles is 1. The molecule has 2 heterocycles. The summed E-state index contributed by atoms with van der Waals surface area (Å²) in [6.07, 6.45) is 6.18. The molecule has 2 unspecified atom stereocenters. The minimum atomic E-state index is -0.573. The Morgan fingerprint density at radius 3 is 2.40 bits per heavy atom. The molecule has 1 aromatic rings. The SMILES string of the molecule is CN1C2CCCC1CC(O)(Cc1ccc(C#N)cc1)C2. The normalized spacial score (nSPS) is 33.6. The Kier molecular flexibility index (Phi) is 3.54. The van der Waals surface area contributed by atoms with Crippen LogP contribution in [-0.4, -0.2) is 34.7 Å². The fraction of sp³-hybridized carbons (Fsp3) is 0.588. The number of fused-ring (bicyclic) bond motifs is 2. The quantitative estimate of drug-likeness (QED) is 0.898. The lowest BCUT2D eigenvalue weighted by Gasteiger charge is -2.50. The molecule has 2 atom stereocenters. The van der Waals surface area contributed by atoms with Crippen LogP contribution >= 0.6 is 0 Å². The fourth-order valence-electron chi connectivity index (χ4n) is 3.97. The second-order valence-electron chi connectivity index (χ2n) is 6.52. The Morgan fingerprint density at radius 2 is 1.85 bits per heavy atom. The second kappa shape index (κ2) is 5.20. The molecule has 1 N–H and O–H groups in total. The van der Waals surface area contributed by atoms with E-state index >= 15 is 0 Å². The molecule has 2 saturated heterocycles. The smallest absolute Gasteiger partial charge is 0.0991 e. The van der Waals surface area contributed by atoms with Crippen molar-refractivity contribution < 1.29 is 5.11 Å². The van der Waals surface area contributed by atoms with Gasteiger partial charge in [0.2, 0.25) is 0 Å². The summed E-state index contributed by atoms with van der Waals surface area (Å²) in [5.41, 5.74) is 1.24. The Morgan fingerprint density at radius 1 is 1.25 bits per heavy atom. The molecule has 3 nitrogen and oxygen atoms in total. The predicted molar refractivity (Wildman–Crippen MR) is 78.2 cm³/mol. The number of benzene rings is 1. The molecule has 0 amide bonds. The summed E-state index contributed by atoms with van der Waals surface area (Å²) in [5.74, 6) is 0. The van der Waals surface area contributed by atoms with Crippen LogP contribution in [0.1, 0.15) is 43.2 Å². The van der Waals surface area contributed by atoms with Gasteiger partial charge in [-0.05, 0) is 50.4 Å². The molecule has 1 aromatic carbocycles. The zero-order valence-electron chi connectivity index (χ0n) is 12.0. The molecule has 2 bridgehead atoms. The molecule has 0 spiro atoms. The largest absolute Gasteiger partial charge is 0.389 e. The summed E-state index contributed by atoms with van der Waals surface area (Å²) in [6.45, 7) is 0. The zero-order chi connectivity index (χ0) is 14.2. The maximum absolute atomic E-state index is 11.0. The van der Waals surface area contributed by atoms with E-state index in [9.17, 15) is 5.11 Å². The lowest BCUT2D eigenvalue weighted by atomic mass is 9.73. The predicted octanol–water partition coefficient (Wildman–Crippen LogP) is 2.48. The number of rotatable bonds is 2. The highest BCUT2D eigenvalue weighted by molar-refractivity contribution is 5.32. The van der Waals surface area contributed by atoms with E-state index in [4.69, 9.17) is 5.26 Å². The summed E-state index contributed by atoms with van der Waals surface area (Å²) in [7, 11) is 2.20. The van der Waals surface area contributed by atoms with E-state index in [1.54, 1.807) is 0 Å². The van der Waals surface area contributed by atoms with Gasteiger partial charge in [0, 0.05) is 18.5 Å². The fourth-order valence-corrected chi connectivity index (χ4v) is 3.97. The summed E-state index contributed by atoms with van der Waals surface area (Å²) in [6, 6.07) is 10.8. The van der Waals surface area contributed by atoms with Crippen molar-refractivity contribution in [2.45, 2.75) is 56.2 Å². The summed E-state index contributed by atoms with van der Waals surface area (Å²) < 4.78 is 0. The van der Waals surface area contributed by atoms with Crippen LogP contribution in [0.3, 0.4) is 0 Å². The van der Waals surface area contributed by atoms with Crippen molar-refractivity contribution in [3.8, 4) is 6.07 Å². The van der Waals surface area contributed by atoms with Gasteiger partial charge in [-0.2, -0.15) is 5.26 Å². The lowest BCUT2D eigenvalue weighted by Crippen LogP contribution is -2.57. The Labute approximate surface area is 120 Å². The molecule has 3 rings (SSSR count). The van der Waals surface area contributed by atoms with Crippen molar-refractivity contribution >= 4 is 0 Å². The monoisotopic (exact) mass is 270 g/mol. The number of hydrogen-bond donors (Lipinski definition) is 1. The molecule has 3 heteroatoms. The molecule has 0 saturated carbocycles. The van der Waals surface area contributed by atoms with Crippen LogP contribution < -0.4 is 0 Å². The van der Waals surface area contributed by atoms with Gasteiger partial charge in [0.05, 0.1) is 17.2 Å². The van der Waals surface area contributed by atoms with Gasteiger partial charge in [-0.3, -0.25) is 0 Å². The Bertz CT molecular complexity index is 503. The van der Waals surface area contributed by atoms with E-state index < -0.39 is 5.60 Å². The highest BCUT2D eigenvalue weighted by Crippen LogP contribution is 2.39.